The van der Waals surface area contributed by atoms with Gasteiger partial charge in [-0.15, -0.1) is 0 Å². The van der Waals surface area contributed by atoms with Crippen molar-refractivity contribution < 1.29 is 18.3 Å². The standard InChI is InChI=1S/C20H16F2O2/c1-23-19-11-16(14-8-4-6-10-18(14)22)20(24-2)12-15(19)13-7-3-5-9-17(13)21/h3-12H,1-2H3. The van der Waals surface area contributed by atoms with E-state index >= 15 is 0 Å². The van der Waals surface area contributed by atoms with Crippen molar-refractivity contribution in [2.24, 2.45) is 0 Å². The molecule has 0 heterocycles. The number of hydrogen-bond acceptors (Lipinski definition) is 2. The van der Waals surface area contributed by atoms with Crippen molar-refractivity contribution in [2.45, 2.75) is 0 Å². The summed E-state index contributed by atoms with van der Waals surface area (Å²) in [5, 5.41) is 0. The Morgan fingerprint density at radius 3 is 1.29 bits per heavy atom. The summed E-state index contributed by atoms with van der Waals surface area (Å²) in [5.41, 5.74) is 1.89. The van der Waals surface area contributed by atoms with Crippen molar-refractivity contribution in [3.63, 3.8) is 0 Å². The van der Waals surface area contributed by atoms with Gasteiger partial charge in [-0.25, -0.2) is 8.78 Å². The summed E-state index contributed by atoms with van der Waals surface area (Å²) < 4.78 is 39.1. The van der Waals surface area contributed by atoms with Crippen LogP contribution in [-0.4, -0.2) is 14.2 Å². The highest BCUT2D eigenvalue weighted by Crippen LogP contribution is 2.42. The van der Waals surface area contributed by atoms with Crippen molar-refractivity contribution in [3.05, 3.63) is 72.3 Å². The molecule has 24 heavy (non-hydrogen) atoms. The van der Waals surface area contributed by atoms with E-state index < -0.39 is 0 Å². The zero-order chi connectivity index (χ0) is 17.1. The predicted molar refractivity (Wildman–Crippen MR) is 90.3 cm³/mol. The second-order valence-corrected chi connectivity index (χ2v) is 5.21. The lowest BCUT2D eigenvalue weighted by atomic mass is 9.97. The Hall–Kier alpha value is -2.88. The van der Waals surface area contributed by atoms with E-state index in [1.54, 1.807) is 48.5 Å². The van der Waals surface area contributed by atoms with Crippen LogP contribution < -0.4 is 9.47 Å². The Labute approximate surface area is 139 Å². The van der Waals surface area contributed by atoms with Crippen molar-refractivity contribution in [3.8, 4) is 33.8 Å². The molecule has 0 aromatic heterocycles. The fourth-order valence-electron chi connectivity index (χ4n) is 2.68. The van der Waals surface area contributed by atoms with E-state index in [4.69, 9.17) is 9.47 Å². The predicted octanol–water partition coefficient (Wildman–Crippen LogP) is 5.32. The number of ether oxygens (including phenoxy) is 2. The molecule has 3 aromatic carbocycles. The van der Waals surface area contributed by atoms with Crippen LogP contribution in [0.15, 0.2) is 60.7 Å². The summed E-state index contributed by atoms with van der Waals surface area (Å²) in [4.78, 5) is 0. The zero-order valence-corrected chi connectivity index (χ0v) is 13.3. The van der Waals surface area contributed by atoms with Gasteiger partial charge in [0.1, 0.15) is 23.1 Å². The summed E-state index contributed by atoms with van der Waals surface area (Å²) in [6.07, 6.45) is 0. The molecular formula is C20H16F2O2. The molecule has 0 saturated carbocycles. The third kappa shape index (κ3) is 2.83. The second kappa shape index (κ2) is 6.71. The molecule has 0 fully saturated rings. The molecule has 3 rings (SSSR count). The van der Waals surface area contributed by atoms with Gasteiger partial charge in [0.05, 0.1) is 14.2 Å². The van der Waals surface area contributed by atoms with Crippen molar-refractivity contribution >= 4 is 0 Å². The van der Waals surface area contributed by atoms with Gasteiger partial charge in [0.2, 0.25) is 0 Å². The molecule has 0 N–H and O–H groups in total. The maximum Gasteiger partial charge on any atom is 0.131 e. The van der Waals surface area contributed by atoms with Crippen LogP contribution in [-0.2, 0) is 0 Å². The van der Waals surface area contributed by atoms with Gasteiger partial charge in [-0.3, -0.25) is 0 Å². The summed E-state index contributed by atoms with van der Waals surface area (Å²) in [6.45, 7) is 0. The molecule has 0 aliphatic rings. The van der Waals surface area contributed by atoms with Gasteiger partial charge in [-0.05, 0) is 24.3 Å². The molecule has 0 amide bonds. The van der Waals surface area contributed by atoms with E-state index in [-0.39, 0.29) is 11.6 Å². The van der Waals surface area contributed by atoms with Gasteiger partial charge in [0.25, 0.3) is 0 Å². The van der Waals surface area contributed by atoms with Crippen molar-refractivity contribution in [1.82, 2.24) is 0 Å². The Bertz CT molecular complexity index is 802. The van der Waals surface area contributed by atoms with Gasteiger partial charge in [0, 0.05) is 22.3 Å². The number of halogens is 2. The van der Waals surface area contributed by atoms with Gasteiger partial charge in [-0.2, -0.15) is 0 Å². The smallest absolute Gasteiger partial charge is 0.131 e. The van der Waals surface area contributed by atoms with Crippen molar-refractivity contribution in [1.29, 1.82) is 0 Å². The number of benzene rings is 3. The SMILES string of the molecule is COc1cc(-c2ccccc2F)c(OC)cc1-c1ccccc1F. The quantitative estimate of drug-likeness (QED) is 0.646. The zero-order valence-electron chi connectivity index (χ0n) is 13.3. The fraction of sp³-hybridized carbons (Fsp3) is 0.100. The number of methoxy groups -OCH3 is 2. The number of rotatable bonds is 4. The van der Waals surface area contributed by atoms with Crippen LogP contribution in [0.3, 0.4) is 0 Å². The van der Waals surface area contributed by atoms with E-state index in [9.17, 15) is 8.78 Å². The van der Waals surface area contributed by atoms with E-state index in [2.05, 4.69) is 0 Å². The minimum Gasteiger partial charge on any atom is -0.496 e. The second-order valence-electron chi connectivity index (χ2n) is 5.21. The van der Waals surface area contributed by atoms with Gasteiger partial charge in [-0.1, -0.05) is 36.4 Å². The Kier molecular flexibility index (Phi) is 4.47. The molecule has 0 unspecified atom stereocenters. The summed E-state index contributed by atoms with van der Waals surface area (Å²) >= 11 is 0. The van der Waals surface area contributed by atoms with E-state index in [0.29, 0.717) is 33.8 Å². The molecule has 122 valence electrons. The Balaban J connectivity index is 2.25. The molecule has 3 aromatic rings. The van der Waals surface area contributed by atoms with Crippen LogP contribution >= 0.6 is 0 Å². The molecule has 0 atom stereocenters. The van der Waals surface area contributed by atoms with Crippen LogP contribution in [0.5, 0.6) is 11.5 Å². The molecule has 0 aliphatic heterocycles. The van der Waals surface area contributed by atoms with Crippen LogP contribution in [0.4, 0.5) is 8.78 Å². The fourth-order valence-corrected chi connectivity index (χ4v) is 2.68. The molecule has 4 heteroatoms. The lowest BCUT2D eigenvalue weighted by Gasteiger charge is -2.16. The first-order valence-electron chi connectivity index (χ1n) is 7.41. The molecule has 2 nitrogen and oxygen atoms in total. The largest absolute Gasteiger partial charge is 0.496 e. The topological polar surface area (TPSA) is 18.5 Å². The molecular weight excluding hydrogens is 310 g/mol. The van der Waals surface area contributed by atoms with Gasteiger partial charge in [0.15, 0.2) is 0 Å². The average molecular weight is 326 g/mol. The summed E-state index contributed by atoms with van der Waals surface area (Å²) in [6, 6.07) is 16.2. The average Bonchev–Trinajstić information content (AvgIpc) is 2.61. The first-order chi connectivity index (χ1) is 11.7. The van der Waals surface area contributed by atoms with Crippen LogP contribution in [0.2, 0.25) is 0 Å². The van der Waals surface area contributed by atoms with Crippen LogP contribution in [0.1, 0.15) is 0 Å². The highest BCUT2D eigenvalue weighted by atomic mass is 19.1. The third-order valence-corrected chi connectivity index (χ3v) is 3.85. The van der Waals surface area contributed by atoms with Crippen molar-refractivity contribution in [2.75, 3.05) is 14.2 Å². The normalized spacial score (nSPS) is 10.5. The molecule has 0 bridgehead atoms. The van der Waals surface area contributed by atoms with Crippen LogP contribution in [0, 0.1) is 11.6 Å². The number of hydrogen-bond donors (Lipinski definition) is 0. The molecule has 0 spiro atoms. The summed E-state index contributed by atoms with van der Waals surface area (Å²) in [7, 11) is 2.99. The molecule has 0 aliphatic carbocycles. The Morgan fingerprint density at radius 1 is 0.583 bits per heavy atom. The van der Waals surface area contributed by atoms with E-state index in [0.717, 1.165) is 0 Å². The Morgan fingerprint density at radius 2 is 0.958 bits per heavy atom. The minimum absolute atomic E-state index is 0.364. The van der Waals surface area contributed by atoms with E-state index in [1.807, 2.05) is 0 Å². The molecule has 0 saturated heterocycles. The maximum atomic E-state index is 14.2. The highest BCUT2D eigenvalue weighted by molar-refractivity contribution is 5.81. The first-order valence-corrected chi connectivity index (χ1v) is 7.41. The van der Waals surface area contributed by atoms with Crippen LogP contribution in [0.25, 0.3) is 22.3 Å². The van der Waals surface area contributed by atoms with E-state index in [1.165, 1.54) is 26.4 Å². The van der Waals surface area contributed by atoms with Gasteiger partial charge < -0.3 is 9.47 Å². The maximum absolute atomic E-state index is 14.2. The monoisotopic (exact) mass is 326 g/mol. The minimum atomic E-state index is -0.364. The lowest BCUT2D eigenvalue weighted by molar-refractivity contribution is 0.405. The first kappa shape index (κ1) is 16.0. The third-order valence-electron chi connectivity index (χ3n) is 3.85. The summed E-state index contributed by atoms with van der Waals surface area (Å²) in [5.74, 6) is 0.159. The molecule has 0 radical (unpaired) electrons. The van der Waals surface area contributed by atoms with Gasteiger partial charge >= 0.3 is 0 Å². The highest BCUT2D eigenvalue weighted by Gasteiger charge is 2.18. The lowest BCUT2D eigenvalue weighted by Crippen LogP contribution is -1.96.